The molecule has 1 aromatic rings. The van der Waals surface area contributed by atoms with Gasteiger partial charge in [0.05, 0.1) is 48.4 Å². The van der Waals surface area contributed by atoms with Crippen molar-refractivity contribution in [3.63, 3.8) is 0 Å². The summed E-state index contributed by atoms with van der Waals surface area (Å²) in [4.78, 5) is 44.1. The van der Waals surface area contributed by atoms with Crippen LogP contribution in [-0.2, 0) is 19.1 Å². The highest BCUT2D eigenvalue weighted by Crippen LogP contribution is 2.24. The average Bonchev–Trinajstić information content (AvgIpc) is 3.13. The highest BCUT2D eigenvalue weighted by molar-refractivity contribution is 5.93. The number of benzene rings is 1. The molecule has 0 saturated carbocycles. The van der Waals surface area contributed by atoms with Crippen molar-refractivity contribution in [2.75, 3.05) is 26.4 Å². The van der Waals surface area contributed by atoms with Gasteiger partial charge in [-0.3, -0.25) is 9.59 Å². The molecule has 6 N–H and O–H groups in total. The molecule has 1 rings (SSSR count). The minimum Gasteiger partial charge on any atom is -0.478 e. The van der Waals surface area contributed by atoms with E-state index in [1.54, 1.807) is 27.7 Å². The minimum atomic E-state index is -1.13. The van der Waals surface area contributed by atoms with Crippen molar-refractivity contribution < 1.29 is 59.3 Å². The number of aliphatic hydroxyl groups excluding tert-OH is 4. The van der Waals surface area contributed by atoms with Crippen molar-refractivity contribution in [2.24, 2.45) is 10.8 Å². The number of aromatic carboxylic acids is 2. The van der Waals surface area contributed by atoms with Crippen molar-refractivity contribution in [1.82, 2.24) is 0 Å². The number of aliphatic hydroxyl groups is 4. The Labute approximate surface area is 311 Å². The Bertz CT molecular complexity index is 1020. The summed E-state index contributed by atoms with van der Waals surface area (Å²) in [7, 11) is 0. The van der Waals surface area contributed by atoms with Crippen LogP contribution in [-0.4, -0.2) is 93.2 Å². The summed E-state index contributed by atoms with van der Waals surface area (Å²) in [6, 6.07) is 5.20. The van der Waals surface area contributed by atoms with Crippen molar-refractivity contribution in [3.05, 3.63) is 35.4 Å². The van der Waals surface area contributed by atoms with E-state index in [0.717, 1.165) is 31.7 Å². The summed E-state index contributed by atoms with van der Waals surface area (Å²) in [5, 5.41) is 53.9. The number of carbonyl (C=O) groups excluding carboxylic acids is 2. The van der Waals surface area contributed by atoms with E-state index in [2.05, 4.69) is 13.8 Å². The van der Waals surface area contributed by atoms with Crippen LogP contribution in [0.4, 0.5) is 0 Å². The van der Waals surface area contributed by atoms with Gasteiger partial charge in [-0.25, -0.2) is 9.59 Å². The first kappa shape index (κ1) is 51.0. The van der Waals surface area contributed by atoms with E-state index in [4.69, 9.17) is 19.7 Å². The third-order valence-electron chi connectivity index (χ3n) is 9.35. The molecule has 52 heavy (non-hydrogen) atoms. The van der Waals surface area contributed by atoms with E-state index in [1.807, 2.05) is 0 Å². The standard InChI is InChI=1S/2C16H32O4.C8H6O4/c2*1-4-5-6-7-8-9-10-11-15(19)20-14(2)16(3,12-17)13-18;9-7(10)5-2-1-3-6(4-5)8(11)12/h2*14,17-18H,4-13H2,1-3H3;1-4H,(H,9,10)(H,11,12). The molecule has 12 heteroatoms. The Morgan fingerprint density at radius 3 is 1.12 bits per heavy atom. The number of hydrogen-bond donors (Lipinski definition) is 6. The fourth-order valence-electron chi connectivity index (χ4n) is 4.65. The second-order valence-corrected chi connectivity index (χ2v) is 14.1. The second-order valence-electron chi connectivity index (χ2n) is 14.1. The number of hydrogen-bond acceptors (Lipinski definition) is 10. The van der Waals surface area contributed by atoms with Gasteiger partial charge in [0.1, 0.15) is 12.2 Å². The molecule has 0 aliphatic heterocycles. The molecule has 0 heterocycles. The van der Waals surface area contributed by atoms with Gasteiger partial charge in [-0.2, -0.15) is 0 Å². The zero-order valence-electron chi connectivity index (χ0n) is 32.7. The quantitative estimate of drug-likeness (QED) is 0.0412. The van der Waals surface area contributed by atoms with Crippen LogP contribution in [0.2, 0.25) is 0 Å². The zero-order valence-corrected chi connectivity index (χ0v) is 32.7. The summed E-state index contributed by atoms with van der Waals surface area (Å²) in [6.45, 7) is 10.4. The van der Waals surface area contributed by atoms with Gasteiger partial charge in [0.2, 0.25) is 0 Å². The van der Waals surface area contributed by atoms with Crippen LogP contribution in [0.15, 0.2) is 24.3 Å². The monoisotopic (exact) mass is 742 g/mol. The van der Waals surface area contributed by atoms with Gasteiger partial charge in [0.15, 0.2) is 0 Å². The number of carboxylic acid groups (broad SMARTS) is 2. The molecule has 0 fully saturated rings. The van der Waals surface area contributed by atoms with Gasteiger partial charge in [-0.1, -0.05) is 111 Å². The van der Waals surface area contributed by atoms with E-state index in [1.165, 1.54) is 82.4 Å². The lowest BCUT2D eigenvalue weighted by molar-refractivity contribution is -0.159. The third kappa shape index (κ3) is 23.5. The minimum absolute atomic E-state index is 0.0186. The SMILES string of the molecule is CCCCCCCCCC(=O)OC(C)C(C)(CO)CO.CCCCCCCCCC(=O)OC(C)C(C)(CO)CO.O=C(O)c1cccc(C(=O)O)c1. The van der Waals surface area contributed by atoms with Crippen LogP contribution in [0.25, 0.3) is 0 Å². The molecule has 302 valence electrons. The Hall–Kier alpha value is -3.06. The van der Waals surface area contributed by atoms with Crippen molar-refractivity contribution in [2.45, 2.75) is 156 Å². The van der Waals surface area contributed by atoms with Crippen molar-refractivity contribution in [3.8, 4) is 0 Å². The maximum Gasteiger partial charge on any atom is 0.335 e. The molecule has 0 saturated heterocycles. The number of carboxylic acids is 2. The highest BCUT2D eigenvalue weighted by atomic mass is 16.5. The van der Waals surface area contributed by atoms with E-state index in [-0.39, 0.29) is 49.5 Å². The first-order valence-corrected chi connectivity index (χ1v) is 19.0. The van der Waals surface area contributed by atoms with E-state index in [0.29, 0.717) is 12.8 Å². The van der Waals surface area contributed by atoms with Crippen LogP contribution < -0.4 is 0 Å². The van der Waals surface area contributed by atoms with Gasteiger partial charge in [-0.05, 0) is 44.9 Å². The highest BCUT2D eigenvalue weighted by Gasteiger charge is 2.33. The number of carbonyl (C=O) groups is 4. The molecule has 2 unspecified atom stereocenters. The lowest BCUT2D eigenvalue weighted by Gasteiger charge is -2.31. The largest absolute Gasteiger partial charge is 0.478 e. The molecule has 0 aliphatic rings. The molecular formula is C40H70O12. The van der Waals surface area contributed by atoms with Crippen LogP contribution in [0, 0.1) is 10.8 Å². The number of unbranched alkanes of at least 4 members (excludes halogenated alkanes) is 12. The summed E-state index contributed by atoms with van der Waals surface area (Å²) >= 11 is 0. The van der Waals surface area contributed by atoms with Gasteiger partial charge in [0.25, 0.3) is 0 Å². The molecule has 0 spiro atoms. The summed E-state index contributed by atoms with van der Waals surface area (Å²) in [5.41, 5.74) is -1.57. The van der Waals surface area contributed by atoms with Crippen LogP contribution in [0.3, 0.4) is 0 Å². The number of esters is 2. The number of rotatable bonds is 26. The molecule has 12 nitrogen and oxygen atoms in total. The van der Waals surface area contributed by atoms with Crippen LogP contribution >= 0.6 is 0 Å². The summed E-state index contributed by atoms with van der Waals surface area (Å²) in [6.07, 6.45) is 16.2. The molecule has 0 bridgehead atoms. The molecule has 1 aromatic carbocycles. The topological polar surface area (TPSA) is 208 Å². The first-order valence-electron chi connectivity index (χ1n) is 19.0. The maximum atomic E-state index is 11.7. The second kappa shape index (κ2) is 30.4. The molecule has 0 aromatic heterocycles. The molecular weight excluding hydrogens is 672 g/mol. The molecule has 0 radical (unpaired) electrons. The van der Waals surface area contributed by atoms with Gasteiger partial charge in [-0.15, -0.1) is 0 Å². The summed E-state index contributed by atoms with van der Waals surface area (Å²) < 4.78 is 10.6. The van der Waals surface area contributed by atoms with E-state index >= 15 is 0 Å². The average molecular weight is 743 g/mol. The molecule has 0 aliphatic carbocycles. The van der Waals surface area contributed by atoms with Gasteiger partial charge in [0, 0.05) is 12.8 Å². The van der Waals surface area contributed by atoms with Crippen LogP contribution in [0.5, 0.6) is 0 Å². The maximum absolute atomic E-state index is 11.7. The fourth-order valence-corrected chi connectivity index (χ4v) is 4.65. The van der Waals surface area contributed by atoms with Crippen molar-refractivity contribution >= 4 is 23.9 Å². The fraction of sp³-hybridized carbons (Fsp3) is 0.750. The van der Waals surface area contributed by atoms with Gasteiger partial charge >= 0.3 is 23.9 Å². The first-order chi connectivity index (χ1) is 24.6. The van der Waals surface area contributed by atoms with E-state index < -0.39 is 35.0 Å². The predicted octanol–water partition coefficient (Wildman–Crippen LogP) is 7.18. The Morgan fingerprint density at radius 1 is 0.558 bits per heavy atom. The normalized spacial score (nSPS) is 12.3. The zero-order chi connectivity index (χ0) is 40.0. The Balaban J connectivity index is 0. The lowest BCUT2D eigenvalue weighted by Crippen LogP contribution is -2.40. The Morgan fingerprint density at radius 2 is 0.846 bits per heavy atom. The van der Waals surface area contributed by atoms with Gasteiger partial charge < -0.3 is 40.1 Å². The lowest BCUT2D eigenvalue weighted by atomic mass is 9.87. The predicted molar refractivity (Wildman–Crippen MR) is 201 cm³/mol. The molecule has 0 amide bonds. The third-order valence-corrected chi connectivity index (χ3v) is 9.35. The smallest absolute Gasteiger partial charge is 0.335 e. The number of ether oxygens (including phenoxy) is 2. The Kier molecular flexibility index (Phi) is 29.8. The van der Waals surface area contributed by atoms with Crippen molar-refractivity contribution in [1.29, 1.82) is 0 Å². The summed E-state index contributed by atoms with van der Waals surface area (Å²) in [5.74, 6) is -2.73. The molecule has 2 atom stereocenters. The van der Waals surface area contributed by atoms with Crippen LogP contribution in [0.1, 0.15) is 165 Å². The van der Waals surface area contributed by atoms with E-state index in [9.17, 15) is 39.6 Å².